The van der Waals surface area contributed by atoms with Gasteiger partial charge in [-0.2, -0.15) is 0 Å². The summed E-state index contributed by atoms with van der Waals surface area (Å²) in [7, 11) is 0. The van der Waals surface area contributed by atoms with E-state index in [0.717, 1.165) is 0 Å². The maximum absolute atomic E-state index is 10.1. The second-order valence-corrected chi connectivity index (χ2v) is 8.70. The SMILES string of the molecule is CC(C)SC(SC(C)C)[C@H](O)[C@@H](O)[C@@H](O)[C@H](O)CO. The highest BCUT2D eigenvalue weighted by molar-refractivity contribution is 8.17. The van der Waals surface area contributed by atoms with Crippen LogP contribution < -0.4 is 0 Å². The third-order valence-electron chi connectivity index (χ3n) is 2.37. The lowest BCUT2D eigenvalue weighted by atomic mass is 10.0. The summed E-state index contributed by atoms with van der Waals surface area (Å²) in [5.74, 6) is 0. The summed E-state index contributed by atoms with van der Waals surface area (Å²) < 4.78 is -0.310. The third-order valence-corrected chi connectivity index (χ3v) is 5.22. The number of thioether (sulfide) groups is 2. The van der Waals surface area contributed by atoms with Gasteiger partial charge < -0.3 is 25.5 Å². The van der Waals surface area contributed by atoms with Crippen molar-refractivity contribution in [2.75, 3.05) is 6.61 Å². The Balaban J connectivity index is 4.71. The van der Waals surface area contributed by atoms with Crippen molar-refractivity contribution in [3.8, 4) is 0 Å². The first kappa shape index (κ1) is 19.5. The van der Waals surface area contributed by atoms with Gasteiger partial charge in [-0.25, -0.2) is 0 Å². The molecule has 0 bridgehead atoms. The Morgan fingerprint density at radius 3 is 1.47 bits per heavy atom. The number of hydrogen-bond donors (Lipinski definition) is 5. The molecule has 0 aliphatic heterocycles. The fraction of sp³-hybridized carbons (Fsp3) is 1.00. The molecule has 0 aromatic rings. The van der Waals surface area contributed by atoms with Crippen LogP contribution in [0, 0.1) is 0 Å². The van der Waals surface area contributed by atoms with Crippen LogP contribution >= 0.6 is 23.5 Å². The number of rotatable bonds is 9. The second kappa shape index (κ2) is 9.44. The van der Waals surface area contributed by atoms with Crippen LogP contribution in [-0.4, -0.2) is 71.6 Å². The Hall–Kier alpha value is 0.500. The normalized spacial score (nSPS) is 18.9. The average molecular weight is 314 g/mol. The van der Waals surface area contributed by atoms with Crippen LogP contribution in [0.2, 0.25) is 0 Å². The van der Waals surface area contributed by atoms with Crippen molar-refractivity contribution in [1.29, 1.82) is 0 Å². The van der Waals surface area contributed by atoms with Gasteiger partial charge in [-0.15, -0.1) is 23.5 Å². The molecule has 0 spiro atoms. The first-order valence-corrected chi connectivity index (χ1v) is 8.23. The second-order valence-electron chi connectivity index (χ2n) is 4.96. The molecule has 19 heavy (non-hydrogen) atoms. The zero-order valence-corrected chi connectivity index (χ0v) is 13.4. The van der Waals surface area contributed by atoms with Gasteiger partial charge in [-0.05, 0) is 0 Å². The van der Waals surface area contributed by atoms with E-state index in [9.17, 15) is 20.4 Å². The minimum Gasteiger partial charge on any atom is -0.394 e. The van der Waals surface area contributed by atoms with Gasteiger partial charge in [-0.3, -0.25) is 0 Å². The Morgan fingerprint density at radius 2 is 1.16 bits per heavy atom. The van der Waals surface area contributed by atoms with Gasteiger partial charge in [0.15, 0.2) is 0 Å². The lowest BCUT2D eigenvalue weighted by Crippen LogP contribution is -2.49. The van der Waals surface area contributed by atoms with Crippen molar-refractivity contribution in [1.82, 2.24) is 0 Å². The molecule has 0 heterocycles. The predicted octanol–water partition coefficient (Wildman–Crippen LogP) is 0.0316. The molecule has 0 aliphatic carbocycles. The summed E-state index contributed by atoms with van der Waals surface area (Å²) in [5.41, 5.74) is 0. The highest BCUT2D eigenvalue weighted by atomic mass is 32.2. The molecule has 4 atom stereocenters. The van der Waals surface area contributed by atoms with E-state index in [1.54, 1.807) is 0 Å². The van der Waals surface area contributed by atoms with Crippen LogP contribution in [0.25, 0.3) is 0 Å². The summed E-state index contributed by atoms with van der Waals surface area (Å²) in [6.07, 6.45) is -5.71. The minimum atomic E-state index is -1.57. The highest BCUT2D eigenvalue weighted by Gasteiger charge is 2.35. The van der Waals surface area contributed by atoms with Crippen molar-refractivity contribution in [3.63, 3.8) is 0 Å². The van der Waals surface area contributed by atoms with Crippen molar-refractivity contribution < 1.29 is 25.5 Å². The summed E-state index contributed by atoms with van der Waals surface area (Å²) >= 11 is 3.00. The predicted molar refractivity (Wildman–Crippen MR) is 80.4 cm³/mol. The van der Waals surface area contributed by atoms with E-state index in [1.165, 1.54) is 23.5 Å². The molecule has 0 amide bonds. The third kappa shape index (κ3) is 7.17. The van der Waals surface area contributed by atoms with E-state index in [-0.39, 0.29) is 15.1 Å². The van der Waals surface area contributed by atoms with E-state index in [0.29, 0.717) is 0 Å². The largest absolute Gasteiger partial charge is 0.394 e. The summed E-state index contributed by atoms with van der Waals surface area (Å²) in [6, 6.07) is 0. The molecule has 0 aliphatic rings. The minimum absolute atomic E-state index is 0.262. The summed E-state index contributed by atoms with van der Waals surface area (Å²) in [4.78, 5) is 0. The molecular weight excluding hydrogens is 288 g/mol. The van der Waals surface area contributed by atoms with Crippen LogP contribution in [0.3, 0.4) is 0 Å². The lowest BCUT2D eigenvalue weighted by molar-refractivity contribution is -0.111. The van der Waals surface area contributed by atoms with Gasteiger partial charge in [0.1, 0.15) is 24.4 Å². The average Bonchev–Trinajstić information content (AvgIpc) is 2.33. The van der Waals surface area contributed by atoms with Gasteiger partial charge in [0.2, 0.25) is 0 Å². The molecule has 5 nitrogen and oxygen atoms in total. The molecule has 0 fully saturated rings. The molecule has 7 heteroatoms. The van der Waals surface area contributed by atoms with Crippen LogP contribution in [0.15, 0.2) is 0 Å². The maximum atomic E-state index is 10.1. The smallest absolute Gasteiger partial charge is 0.111 e. The van der Waals surface area contributed by atoms with Crippen LogP contribution in [0.5, 0.6) is 0 Å². The quantitative estimate of drug-likeness (QED) is 0.383. The van der Waals surface area contributed by atoms with Crippen LogP contribution in [0.4, 0.5) is 0 Å². The Labute approximate surface area is 123 Å². The van der Waals surface area contributed by atoms with Gasteiger partial charge in [-0.1, -0.05) is 27.7 Å². The zero-order valence-electron chi connectivity index (χ0n) is 11.8. The standard InChI is InChI=1S/C12H26O5S2/c1-6(2)18-12(19-7(3)4)11(17)10(16)9(15)8(14)5-13/h6-17H,5H2,1-4H3/t8-,9+,10+,11-/m1/s1. The lowest BCUT2D eigenvalue weighted by Gasteiger charge is -2.32. The fourth-order valence-corrected chi connectivity index (χ4v) is 4.74. The van der Waals surface area contributed by atoms with Gasteiger partial charge in [0.05, 0.1) is 11.2 Å². The number of hydrogen-bond acceptors (Lipinski definition) is 7. The van der Waals surface area contributed by atoms with Crippen molar-refractivity contribution >= 4 is 23.5 Å². The molecule has 5 N–H and O–H groups in total. The van der Waals surface area contributed by atoms with Gasteiger partial charge >= 0.3 is 0 Å². The van der Waals surface area contributed by atoms with E-state index in [2.05, 4.69) is 0 Å². The molecule has 0 unspecified atom stereocenters. The van der Waals surface area contributed by atoms with Crippen molar-refractivity contribution in [3.05, 3.63) is 0 Å². The first-order valence-electron chi connectivity index (χ1n) is 6.34. The molecule has 0 radical (unpaired) electrons. The van der Waals surface area contributed by atoms with E-state index in [4.69, 9.17) is 5.11 Å². The Bertz CT molecular complexity index is 230. The molecule has 0 aromatic heterocycles. The van der Waals surface area contributed by atoms with Crippen molar-refractivity contribution in [2.45, 2.75) is 67.2 Å². The molecule has 0 saturated heterocycles. The summed E-state index contributed by atoms with van der Waals surface area (Å²) in [6.45, 7) is 7.27. The molecule has 0 aromatic carbocycles. The molecular formula is C12H26O5S2. The van der Waals surface area contributed by atoms with Gasteiger partial charge in [0, 0.05) is 10.5 Å². The Morgan fingerprint density at radius 1 is 0.737 bits per heavy atom. The van der Waals surface area contributed by atoms with E-state index >= 15 is 0 Å². The van der Waals surface area contributed by atoms with Crippen LogP contribution in [0.1, 0.15) is 27.7 Å². The monoisotopic (exact) mass is 314 g/mol. The number of aliphatic hydroxyl groups excluding tert-OH is 5. The molecule has 0 rings (SSSR count). The van der Waals surface area contributed by atoms with Crippen LogP contribution in [-0.2, 0) is 0 Å². The number of aliphatic hydroxyl groups is 5. The summed E-state index contributed by atoms with van der Waals surface area (Å²) in [5, 5.41) is 48.2. The Kier molecular flexibility index (Phi) is 9.69. The fourth-order valence-electron chi connectivity index (χ4n) is 1.43. The maximum Gasteiger partial charge on any atom is 0.111 e. The topological polar surface area (TPSA) is 101 Å². The van der Waals surface area contributed by atoms with E-state index in [1.807, 2.05) is 27.7 Å². The highest BCUT2D eigenvalue weighted by Crippen LogP contribution is 2.34. The zero-order chi connectivity index (χ0) is 15.2. The van der Waals surface area contributed by atoms with Gasteiger partial charge in [0.25, 0.3) is 0 Å². The molecule has 116 valence electrons. The van der Waals surface area contributed by atoms with Crippen molar-refractivity contribution in [2.24, 2.45) is 0 Å². The molecule has 0 saturated carbocycles. The first-order chi connectivity index (χ1) is 8.70. The van der Waals surface area contributed by atoms with E-state index < -0.39 is 31.0 Å².